The molecule has 1 aromatic carbocycles. The number of aryl methyl sites for hydroxylation is 3. The molecule has 0 bridgehead atoms. The Labute approximate surface area is 248 Å². The number of hydrogen-bond acceptors (Lipinski definition) is 5. The summed E-state index contributed by atoms with van der Waals surface area (Å²) in [5.74, 6) is 10.7. The van der Waals surface area contributed by atoms with Crippen molar-refractivity contribution in [3.8, 4) is 24.1 Å². The Morgan fingerprint density at radius 2 is 1.75 bits per heavy atom. The highest BCUT2D eigenvalue weighted by molar-refractivity contribution is 9.10. The molecule has 0 radical (unpaired) electrons. The number of halogens is 1. The van der Waals surface area contributed by atoms with Crippen molar-refractivity contribution in [3.05, 3.63) is 58.0 Å². The molecule has 1 fully saturated rings. The van der Waals surface area contributed by atoms with E-state index in [-0.39, 0.29) is 0 Å². The van der Waals surface area contributed by atoms with Gasteiger partial charge in [0.25, 0.3) is 0 Å². The minimum Gasteiger partial charge on any atom is -0.370 e. The number of nitrogens with zero attached hydrogens (tertiary/aromatic N) is 6. The highest BCUT2D eigenvalue weighted by atomic mass is 79.9. The van der Waals surface area contributed by atoms with Gasteiger partial charge >= 0.3 is 0 Å². The summed E-state index contributed by atoms with van der Waals surface area (Å²) in [6.07, 6.45) is 12.0. The summed E-state index contributed by atoms with van der Waals surface area (Å²) in [7, 11) is 0.441. The third kappa shape index (κ3) is 6.30. The van der Waals surface area contributed by atoms with Gasteiger partial charge in [-0.3, -0.25) is 8.99 Å². The Kier molecular flexibility index (Phi) is 10.6. The first-order valence-electron chi connectivity index (χ1n) is 13.6. The number of benzene rings is 1. The van der Waals surface area contributed by atoms with Gasteiger partial charge in [-0.05, 0) is 61.0 Å². The predicted molar refractivity (Wildman–Crippen MR) is 178 cm³/mol. The zero-order valence-corrected chi connectivity index (χ0v) is 27.0. The molecule has 4 aromatic rings. The number of piperidine rings is 1. The Morgan fingerprint density at radius 1 is 1.10 bits per heavy atom. The van der Waals surface area contributed by atoms with Crippen LogP contribution in [0.5, 0.6) is 0 Å². The highest BCUT2D eigenvalue weighted by Crippen LogP contribution is 2.42. The van der Waals surface area contributed by atoms with Gasteiger partial charge in [0.2, 0.25) is 0 Å². The van der Waals surface area contributed by atoms with Crippen LogP contribution in [0.15, 0.2) is 45.9 Å². The van der Waals surface area contributed by atoms with Gasteiger partial charge in [-0.15, -0.1) is 22.2 Å². The van der Waals surface area contributed by atoms with Gasteiger partial charge in [-0.25, -0.2) is 4.98 Å². The van der Waals surface area contributed by atoms with Gasteiger partial charge in [-0.2, -0.15) is 14.7 Å². The second-order valence-electron chi connectivity index (χ2n) is 9.79. The molecule has 0 saturated carbocycles. The maximum Gasteiger partial charge on any atom is 0.172 e. The van der Waals surface area contributed by atoms with Crippen LogP contribution in [-0.4, -0.2) is 60.1 Å². The molecular weight excluding hydrogens is 582 g/mol. The summed E-state index contributed by atoms with van der Waals surface area (Å²) in [5, 5.41) is 12.9. The number of fused-ring (bicyclic) bond motifs is 1. The monoisotopic (exact) mass is 623 g/mol. The van der Waals surface area contributed by atoms with E-state index in [1.54, 1.807) is 6.20 Å². The molecule has 1 aliphatic heterocycles. The van der Waals surface area contributed by atoms with Crippen molar-refractivity contribution < 1.29 is 0 Å². The van der Waals surface area contributed by atoms with Gasteiger partial charge in [0.05, 0.1) is 27.0 Å². The molecule has 1 saturated heterocycles. The largest absolute Gasteiger partial charge is 0.370 e. The Bertz CT molecular complexity index is 1570. The van der Waals surface area contributed by atoms with E-state index < -0.39 is 9.39 Å². The van der Waals surface area contributed by atoms with E-state index in [0.717, 1.165) is 65.4 Å². The summed E-state index contributed by atoms with van der Waals surface area (Å²) in [4.78, 5) is 6.12. The maximum atomic E-state index is 4.89. The smallest absolute Gasteiger partial charge is 0.172 e. The minimum atomic E-state index is -1.56. The van der Waals surface area contributed by atoms with Crippen LogP contribution in [0.2, 0.25) is 0 Å². The molecule has 1 N–H and O–H groups in total. The van der Waals surface area contributed by atoms with Crippen molar-refractivity contribution in [2.45, 2.75) is 52.4 Å². The van der Waals surface area contributed by atoms with Crippen molar-refractivity contribution in [1.29, 1.82) is 0 Å². The van der Waals surface area contributed by atoms with Crippen molar-refractivity contribution >= 4 is 48.5 Å². The van der Waals surface area contributed by atoms with Crippen LogP contribution >= 0.6 is 25.3 Å². The lowest BCUT2D eigenvalue weighted by molar-refractivity contribution is 0.300. The number of nitrogens with one attached hydrogen (secondary N) is 1. The van der Waals surface area contributed by atoms with E-state index in [2.05, 4.69) is 111 Å². The van der Waals surface area contributed by atoms with Crippen LogP contribution in [0.3, 0.4) is 0 Å². The molecule has 0 amide bonds. The van der Waals surface area contributed by atoms with Gasteiger partial charge < -0.3 is 5.32 Å². The molecule has 3 aromatic heterocycles. The molecule has 40 heavy (non-hydrogen) atoms. The second kappa shape index (κ2) is 13.5. The molecule has 5 rings (SSSR count). The highest BCUT2D eigenvalue weighted by Gasteiger charge is 2.26. The van der Waals surface area contributed by atoms with E-state index in [1.807, 2.05) is 30.1 Å². The summed E-state index contributed by atoms with van der Waals surface area (Å²) in [5.41, 5.74) is 6.33. The van der Waals surface area contributed by atoms with Crippen LogP contribution in [0.1, 0.15) is 43.6 Å². The number of rotatable bonds is 6. The van der Waals surface area contributed by atoms with Crippen LogP contribution in [-0.2, 0) is 7.05 Å². The molecule has 4 heterocycles. The van der Waals surface area contributed by atoms with Crippen molar-refractivity contribution in [2.75, 3.05) is 25.0 Å². The summed E-state index contributed by atoms with van der Waals surface area (Å²) in [6.45, 7) is 13.2. The Hall–Kier alpha value is -3.06. The van der Waals surface area contributed by atoms with Crippen LogP contribution in [0.25, 0.3) is 16.9 Å². The Balaban J connectivity index is 0.00000106. The standard InChI is InChI=1S/C27H34BrN7S.C2H6.C2H2/c1-18-9-7-8-10-22(18)24-15-25(35-27(31-24)23(28)17-30-35)29-16-21-11-13-34(14-12-21)36(5,6)26-19(2)32-33(4)20(26)3;2*1-2/h7-10,15,17,21,29H,5-6,11-14,16H2,1-4H3;1-2H3;1-2H. The summed E-state index contributed by atoms with van der Waals surface area (Å²) in [6, 6.07) is 10.5. The number of hydrogen-bond donors (Lipinski definition) is 1. The topological polar surface area (TPSA) is 63.3 Å². The van der Waals surface area contributed by atoms with Crippen molar-refractivity contribution in [2.24, 2.45) is 13.0 Å². The van der Waals surface area contributed by atoms with E-state index >= 15 is 0 Å². The molecule has 0 spiro atoms. The van der Waals surface area contributed by atoms with Crippen LogP contribution < -0.4 is 5.32 Å². The number of aromatic nitrogens is 5. The van der Waals surface area contributed by atoms with Crippen LogP contribution in [0, 0.1) is 39.5 Å². The Morgan fingerprint density at radius 3 is 2.35 bits per heavy atom. The molecule has 0 unspecified atom stereocenters. The van der Waals surface area contributed by atoms with E-state index in [1.165, 1.54) is 16.2 Å². The van der Waals surface area contributed by atoms with Crippen LogP contribution in [0.4, 0.5) is 5.82 Å². The first-order valence-corrected chi connectivity index (χ1v) is 16.3. The summed E-state index contributed by atoms with van der Waals surface area (Å²) < 4.78 is 7.22. The van der Waals surface area contributed by atoms with Gasteiger partial charge in [0.15, 0.2) is 5.65 Å². The van der Waals surface area contributed by atoms with Gasteiger partial charge in [-0.1, -0.05) is 49.9 Å². The maximum absolute atomic E-state index is 4.89. The normalized spacial score (nSPS) is 14.2. The van der Waals surface area contributed by atoms with E-state index in [0.29, 0.717) is 5.92 Å². The number of anilines is 1. The SMILES string of the molecule is C#C.C=S(=C)(c1c(C)nn(C)c1C)N1CCC(CNc2cc(-c3ccccc3C)nc3c(Br)cnn23)CC1.CC. The lowest BCUT2D eigenvalue weighted by atomic mass is 9.98. The van der Waals surface area contributed by atoms with Gasteiger partial charge in [0.1, 0.15) is 5.82 Å². The lowest BCUT2D eigenvalue weighted by Crippen LogP contribution is -2.34. The third-order valence-electron chi connectivity index (χ3n) is 7.31. The average molecular weight is 625 g/mol. The summed E-state index contributed by atoms with van der Waals surface area (Å²) >= 11 is 3.62. The first kappa shape index (κ1) is 31.5. The lowest BCUT2D eigenvalue weighted by Gasteiger charge is -2.37. The fourth-order valence-corrected chi connectivity index (χ4v) is 7.99. The average Bonchev–Trinajstić information content (AvgIpc) is 3.47. The second-order valence-corrected chi connectivity index (χ2v) is 13.3. The molecular formula is C31H42BrN7S. The minimum absolute atomic E-state index is 0.566. The quantitative estimate of drug-likeness (QED) is 0.188. The van der Waals surface area contributed by atoms with Crippen molar-refractivity contribution in [3.63, 3.8) is 0 Å². The predicted octanol–water partition coefficient (Wildman–Crippen LogP) is 6.86. The molecule has 9 heteroatoms. The molecule has 0 atom stereocenters. The molecule has 7 nitrogen and oxygen atoms in total. The zero-order valence-electron chi connectivity index (χ0n) is 24.6. The van der Waals surface area contributed by atoms with E-state index in [4.69, 9.17) is 4.98 Å². The number of terminal acetylenes is 1. The zero-order chi connectivity index (χ0) is 29.6. The van der Waals surface area contributed by atoms with Crippen molar-refractivity contribution in [1.82, 2.24) is 28.7 Å². The molecule has 1 aliphatic rings. The van der Waals surface area contributed by atoms with E-state index in [9.17, 15) is 0 Å². The third-order valence-corrected chi connectivity index (χ3v) is 10.6. The fraction of sp³-hybridized carbons (Fsp3) is 0.387. The molecule has 0 aliphatic carbocycles. The van der Waals surface area contributed by atoms with Gasteiger partial charge in [0, 0.05) is 44.0 Å². The molecule has 214 valence electrons. The fourth-order valence-electron chi connectivity index (χ4n) is 5.21. The first-order chi connectivity index (χ1) is 19.2.